The van der Waals surface area contributed by atoms with E-state index in [-0.39, 0.29) is 23.2 Å². The number of ether oxygens (including phenoxy) is 1. The van der Waals surface area contributed by atoms with E-state index < -0.39 is 4.92 Å². The lowest BCUT2D eigenvalue weighted by Gasteiger charge is -2.35. The number of nitro groups is 1. The SMILES string of the molecule is COc1ccc([N+](=O)[O-])c(C(=O)N2CCCCC2c2cnn(C)c2)c1. The molecule has 0 N–H and O–H groups in total. The first-order chi connectivity index (χ1) is 12.0. The number of aryl methyl sites for hydroxylation is 1. The van der Waals surface area contributed by atoms with Crippen LogP contribution >= 0.6 is 0 Å². The Labute approximate surface area is 145 Å². The molecule has 1 aromatic heterocycles. The van der Waals surface area contributed by atoms with Gasteiger partial charge < -0.3 is 9.64 Å². The number of methoxy groups -OCH3 is 1. The maximum absolute atomic E-state index is 13.1. The van der Waals surface area contributed by atoms with Gasteiger partial charge in [-0.25, -0.2) is 0 Å². The van der Waals surface area contributed by atoms with Gasteiger partial charge in [0.05, 0.1) is 24.3 Å². The van der Waals surface area contributed by atoms with E-state index in [0.29, 0.717) is 12.3 Å². The number of nitro benzene ring substituents is 1. The molecule has 132 valence electrons. The minimum Gasteiger partial charge on any atom is -0.497 e. The first kappa shape index (κ1) is 16.9. The third kappa shape index (κ3) is 3.33. The van der Waals surface area contributed by atoms with Crippen molar-refractivity contribution in [2.45, 2.75) is 25.3 Å². The summed E-state index contributed by atoms with van der Waals surface area (Å²) in [6, 6.07) is 4.12. The molecule has 0 aliphatic carbocycles. The molecule has 1 aliphatic heterocycles. The topological polar surface area (TPSA) is 90.5 Å². The Hall–Kier alpha value is -2.90. The smallest absolute Gasteiger partial charge is 0.282 e. The van der Waals surface area contributed by atoms with E-state index in [9.17, 15) is 14.9 Å². The number of aromatic nitrogens is 2. The van der Waals surface area contributed by atoms with Crippen LogP contribution in [0.25, 0.3) is 0 Å². The van der Waals surface area contributed by atoms with Gasteiger partial charge >= 0.3 is 0 Å². The summed E-state index contributed by atoms with van der Waals surface area (Å²) in [5.74, 6) is 0.0723. The fourth-order valence-electron chi connectivity index (χ4n) is 3.26. The molecule has 1 saturated heterocycles. The quantitative estimate of drug-likeness (QED) is 0.628. The third-order valence-corrected chi connectivity index (χ3v) is 4.50. The van der Waals surface area contributed by atoms with Crippen LogP contribution in [0.15, 0.2) is 30.6 Å². The van der Waals surface area contributed by atoms with E-state index >= 15 is 0 Å². The molecule has 8 heteroatoms. The number of hydrogen-bond donors (Lipinski definition) is 0. The first-order valence-electron chi connectivity index (χ1n) is 8.13. The zero-order valence-corrected chi connectivity index (χ0v) is 14.2. The predicted octanol–water partition coefficient (Wildman–Crippen LogP) is 2.70. The van der Waals surface area contributed by atoms with Gasteiger partial charge in [-0.15, -0.1) is 0 Å². The van der Waals surface area contributed by atoms with Crippen LogP contribution in [0.2, 0.25) is 0 Å². The van der Waals surface area contributed by atoms with E-state index in [1.807, 2.05) is 13.2 Å². The Morgan fingerprint density at radius 3 is 2.84 bits per heavy atom. The minimum atomic E-state index is -0.532. The lowest BCUT2D eigenvalue weighted by molar-refractivity contribution is -0.385. The first-order valence-corrected chi connectivity index (χ1v) is 8.13. The van der Waals surface area contributed by atoms with Crippen molar-refractivity contribution < 1.29 is 14.5 Å². The number of piperidine rings is 1. The highest BCUT2D eigenvalue weighted by Crippen LogP contribution is 2.34. The molecule has 8 nitrogen and oxygen atoms in total. The lowest BCUT2D eigenvalue weighted by atomic mass is 9.96. The molecular weight excluding hydrogens is 324 g/mol. The number of carbonyl (C=O) groups excluding carboxylic acids is 1. The molecule has 2 aromatic rings. The van der Waals surface area contributed by atoms with Crippen LogP contribution in [-0.4, -0.2) is 39.2 Å². The highest BCUT2D eigenvalue weighted by atomic mass is 16.6. The van der Waals surface area contributed by atoms with Gasteiger partial charge in [-0.2, -0.15) is 5.10 Å². The molecule has 1 amide bonds. The van der Waals surface area contributed by atoms with Crippen molar-refractivity contribution in [1.29, 1.82) is 0 Å². The number of likely N-dealkylation sites (tertiary alicyclic amines) is 1. The van der Waals surface area contributed by atoms with Crippen molar-refractivity contribution in [3.05, 3.63) is 51.8 Å². The van der Waals surface area contributed by atoms with Crippen LogP contribution in [0, 0.1) is 10.1 Å². The molecule has 2 heterocycles. The summed E-state index contributed by atoms with van der Waals surface area (Å²) >= 11 is 0. The summed E-state index contributed by atoms with van der Waals surface area (Å²) in [5.41, 5.74) is 0.794. The second-order valence-electron chi connectivity index (χ2n) is 6.10. The lowest BCUT2D eigenvalue weighted by Crippen LogP contribution is -2.38. The van der Waals surface area contributed by atoms with Crippen molar-refractivity contribution in [1.82, 2.24) is 14.7 Å². The summed E-state index contributed by atoms with van der Waals surface area (Å²) in [6.07, 6.45) is 6.32. The van der Waals surface area contributed by atoms with Gasteiger partial charge in [0.25, 0.3) is 11.6 Å². The summed E-state index contributed by atoms with van der Waals surface area (Å²) in [5, 5.41) is 15.5. The van der Waals surface area contributed by atoms with Gasteiger partial charge in [-0.05, 0) is 31.4 Å². The molecule has 1 aliphatic rings. The zero-order valence-electron chi connectivity index (χ0n) is 14.2. The van der Waals surface area contributed by atoms with Gasteiger partial charge in [0.2, 0.25) is 0 Å². The molecule has 3 rings (SSSR count). The number of hydrogen-bond acceptors (Lipinski definition) is 5. The Balaban J connectivity index is 1.99. The van der Waals surface area contributed by atoms with Gasteiger partial charge in [-0.1, -0.05) is 0 Å². The second-order valence-corrected chi connectivity index (χ2v) is 6.10. The van der Waals surface area contributed by atoms with Crippen LogP contribution in [0.3, 0.4) is 0 Å². The van der Waals surface area contributed by atoms with Gasteiger partial charge in [0, 0.05) is 31.4 Å². The number of rotatable bonds is 4. The van der Waals surface area contributed by atoms with Crippen molar-refractivity contribution in [2.75, 3.05) is 13.7 Å². The summed E-state index contributed by atoms with van der Waals surface area (Å²) < 4.78 is 6.83. The van der Waals surface area contributed by atoms with Crippen LogP contribution in [0.5, 0.6) is 5.75 Å². The molecule has 1 unspecified atom stereocenters. The molecule has 0 bridgehead atoms. The van der Waals surface area contributed by atoms with Gasteiger partial charge in [0.1, 0.15) is 11.3 Å². The second kappa shape index (κ2) is 6.92. The average molecular weight is 344 g/mol. The Bertz CT molecular complexity index is 802. The fourth-order valence-corrected chi connectivity index (χ4v) is 3.26. The molecule has 25 heavy (non-hydrogen) atoms. The predicted molar refractivity (Wildman–Crippen MR) is 90.5 cm³/mol. The standard InChI is InChI=1S/C17H20N4O4/c1-19-11-12(10-18-19)15-5-3-4-8-20(15)17(22)14-9-13(25-2)6-7-16(14)21(23)24/h6-7,9-11,15H,3-5,8H2,1-2H3. The molecule has 1 atom stereocenters. The van der Waals surface area contributed by atoms with Crippen molar-refractivity contribution in [3.63, 3.8) is 0 Å². The zero-order chi connectivity index (χ0) is 18.0. The van der Waals surface area contributed by atoms with E-state index in [0.717, 1.165) is 24.8 Å². The molecule has 1 aromatic carbocycles. The van der Waals surface area contributed by atoms with Crippen LogP contribution in [0.1, 0.15) is 41.2 Å². The summed E-state index contributed by atoms with van der Waals surface area (Å²) in [6.45, 7) is 0.562. The van der Waals surface area contributed by atoms with E-state index in [1.165, 1.54) is 25.3 Å². The molecule has 0 radical (unpaired) electrons. The molecular formula is C17H20N4O4. The minimum absolute atomic E-state index is 0.0557. The van der Waals surface area contributed by atoms with E-state index in [1.54, 1.807) is 15.8 Å². The maximum Gasteiger partial charge on any atom is 0.282 e. The van der Waals surface area contributed by atoms with Gasteiger partial charge in [0.15, 0.2) is 0 Å². The Kier molecular flexibility index (Phi) is 4.69. The van der Waals surface area contributed by atoms with E-state index in [2.05, 4.69) is 5.10 Å². The average Bonchev–Trinajstić information content (AvgIpc) is 3.06. The fraction of sp³-hybridized carbons (Fsp3) is 0.412. The molecule has 0 saturated carbocycles. The normalized spacial score (nSPS) is 17.4. The Morgan fingerprint density at radius 2 is 2.20 bits per heavy atom. The number of benzene rings is 1. The highest BCUT2D eigenvalue weighted by Gasteiger charge is 2.33. The number of carbonyl (C=O) groups is 1. The van der Waals surface area contributed by atoms with Crippen molar-refractivity contribution >= 4 is 11.6 Å². The largest absolute Gasteiger partial charge is 0.497 e. The van der Waals surface area contributed by atoms with Crippen LogP contribution < -0.4 is 4.74 Å². The third-order valence-electron chi connectivity index (χ3n) is 4.50. The van der Waals surface area contributed by atoms with Crippen LogP contribution in [-0.2, 0) is 7.05 Å². The van der Waals surface area contributed by atoms with Crippen LogP contribution in [0.4, 0.5) is 5.69 Å². The molecule has 1 fully saturated rings. The maximum atomic E-state index is 13.1. The number of amides is 1. The summed E-state index contributed by atoms with van der Waals surface area (Å²) in [4.78, 5) is 25.6. The number of nitrogens with zero attached hydrogens (tertiary/aromatic N) is 4. The molecule has 0 spiro atoms. The monoisotopic (exact) mass is 344 g/mol. The van der Waals surface area contributed by atoms with Crippen molar-refractivity contribution in [3.8, 4) is 5.75 Å². The summed E-state index contributed by atoms with van der Waals surface area (Å²) in [7, 11) is 3.29. The Morgan fingerprint density at radius 1 is 1.40 bits per heavy atom. The van der Waals surface area contributed by atoms with Gasteiger partial charge in [-0.3, -0.25) is 19.6 Å². The van der Waals surface area contributed by atoms with E-state index in [4.69, 9.17) is 4.74 Å². The van der Waals surface area contributed by atoms with Crippen molar-refractivity contribution in [2.24, 2.45) is 7.05 Å². The highest BCUT2D eigenvalue weighted by molar-refractivity contribution is 5.99.